The van der Waals surface area contributed by atoms with E-state index >= 15 is 0 Å². The zero-order valence-electron chi connectivity index (χ0n) is 11.9. The summed E-state index contributed by atoms with van der Waals surface area (Å²) in [5.41, 5.74) is -0.483. The fraction of sp³-hybridized carbons (Fsp3) is 0.692. The van der Waals surface area contributed by atoms with Crippen LogP contribution in [-0.2, 0) is 14.3 Å². The van der Waals surface area contributed by atoms with E-state index in [0.29, 0.717) is 16.6 Å². The van der Waals surface area contributed by atoms with E-state index in [4.69, 9.17) is 9.47 Å². The van der Waals surface area contributed by atoms with E-state index in [9.17, 15) is 9.59 Å². The fourth-order valence-corrected chi connectivity index (χ4v) is 1.89. The molecular formula is C13H22INO4. The molecule has 5 nitrogen and oxygen atoms in total. The van der Waals surface area contributed by atoms with E-state index in [0.717, 1.165) is 0 Å². The van der Waals surface area contributed by atoms with Crippen LogP contribution in [0.5, 0.6) is 0 Å². The number of ether oxygens (including phenoxy) is 2. The van der Waals surface area contributed by atoms with Gasteiger partial charge in [0.25, 0.3) is 0 Å². The molecule has 0 saturated heterocycles. The average molecular weight is 383 g/mol. The molecule has 6 heteroatoms. The second-order valence-corrected chi connectivity index (χ2v) is 6.09. The summed E-state index contributed by atoms with van der Waals surface area (Å²) in [5.74, 6) is 0.0641. The van der Waals surface area contributed by atoms with Gasteiger partial charge in [-0.15, -0.1) is 0 Å². The van der Waals surface area contributed by atoms with Crippen LogP contribution < -0.4 is 5.32 Å². The molecule has 0 unspecified atom stereocenters. The molecule has 0 heterocycles. The summed E-state index contributed by atoms with van der Waals surface area (Å²) in [6.07, 6.45) is 0.236. The van der Waals surface area contributed by atoms with Gasteiger partial charge in [-0.25, -0.2) is 4.79 Å². The van der Waals surface area contributed by atoms with Crippen LogP contribution in [0.2, 0.25) is 0 Å². The van der Waals surface area contributed by atoms with Gasteiger partial charge >= 0.3 is 12.1 Å². The van der Waals surface area contributed by atoms with Crippen molar-refractivity contribution in [3.8, 4) is 0 Å². The third kappa shape index (κ3) is 10.8. The lowest BCUT2D eigenvalue weighted by Crippen LogP contribution is -2.37. The summed E-state index contributed by atoms with van der Waals surface area (Å²) < 4.78 is 10.7. The normalized spacial score (nSPS) is 12.5. The molecule has 0 saturated carbocycles. The molecule has 0 fully saturated rings. The number of carbonyl (C=O) groups is 2. The smallest absolute Gasteiger partial charge is 0.412 e. The lowest BCUT2D eigenvalue weighted by atomic mass is 10.1. The fourth-order valence-electron chi connectivity index (χ4n) is 1.23. The van der Waals surface area contributed by atoms with E-state index < -0.39 is 11.7 Å². The zero-order valence-corrected chi connectivity index (χ0v) is 14.1. The van der Waals surface area contributed by atoms with Gasteiger partial charge in [-0.3, -0.25) is 4.79 Å². The first-order valence-corrected chi connectivity index (χ1v) is 7.58. The summed E-state index contributed by atoms with van der Waals surface area (Å²) in [6.45, 7) is 10.5. The van der Waals surface area contributed by atoms with Crippen molar-refractivity contribution in [3.05, 3.63) is 12.3 Å². The van der Waals surface area contributed by atoms with Gasteiger partial charge in [0.1, 0.15) is 5.60 Å². The molecule has 0 aromatic rings. The molecular weight excluding hydrogens is 361 g/mol. The lowest BCUT2D eigenvalue weighted by Gasteiger charge is -2.21. The first-order valence-electron chi connectivity index (χ1n) is 6.05. The monoisotopic (exact) mass is 383 g/mol. The molecule has 0 rings (SSSR count). The van der Waals surface area contributed by atoms with Gasteiger partial charge in [-0.1, -0.05) is 29.2 Å². The number of alkyl carbamates (subject to hydrolysis) is 1. The first-order chi connectivity index (χ1) is 8.64. The molecule has 1 amide bonds. The van der Waals surface area contributed by atoms with Crippen LogP contribution in [0.1, 0.15) is 40.5 Å². The number of hydrogen-bond donors (Lipinski definition) is 1. The summed E-state index contributed by atoms with van der Waals surface area (Å²) >= 11 is 2.15. The number of esters is 1. The minimum Gasteiger partial charge on any atom is -0.460 e. The second-order valence-electron chi connectivity index (χ2n) is 5.21. The minimum absolute atomic E-state index is 0.125. The number of halogens is 1. The van der Waals surface area contributed by atoms with Gasteiger partial charge < -0.3 is 14.8 Å². The highest BCUT2D eigenvalue weighted by Crippen LogP contribution is 2.11. The van der Waals surface area contributed by atoms with Crippen molar-refractivity contribution in [2.45, 2.75) is 52.2 Å². The van der Waals surface area contributed by atoms with Crippen LogP contribution in [0, 0.1) is 0 Å². The molecule has 0 aliphatic heterocycles. The molecule has 0 bridgehead atoms. The van der Waals surface area contributed by atoms with Gasteiger partial charge in [0, 0.05) is 16.9 Å². The van der Waals surface area contributed by atoms with Gasteiger partial charge in [-0.05, 0) is 34.1 Å². The largest absolute Gasteiger partial charge is 0.460 e. The van der Waals surface area contributed by atoms with Crippen LogP contribution in [0.4, 0.5) is 4.79 Å². The van der Waals surface area contributed by atoms with Gasteiger partial charge in [0.15, 0.2) is 0 Å². The Morgan fingerprint density at radius 1 is 1.37 bits per heavy atom. The Balaban J connectivity index is 4.10. The highest BCUT2D eigenvalue weighted by Gasteiger charge is 2.19. The third-order valence-corrected chi connectivity index (χ3v) is 2.96. The predicted molar refractivity (Wildman–Crippen MR) is 82.2 cm³/mol. The summed E-state index contributed by atoms with van der Waals surface area (Å²) in [6, 6.07) is -0.125. The van der Waals surface area contributed by atoms with E-state index in [1.165, 1.54) is 0 Å². The molecule has 0 radical (unpaired) electrons. The predicted octanol–water partition coefficient (Wildman–Crippen LogP) is 3.17. The number of alkyl halides is 1. The highest BCUT2D eigenvalue weighted by molar-refractivity contribution is 14.1. The lowest BCUT2D eigenvalue weighted by molar-refractivity contribution is -0.155. The third-order valence-electron chi connectivity index (χ3n) is 1.89. The molecule has 0 aromatic heterocycles. The van der Waals surface area contributed by atoms with E-state index in [1.807, 2.05) is 20.8 Å². The first kappa shape index (κ1) is 18.2. The van der Waals surface area contributed by atoms with Crippen molar-refractivity contribution >= 4 is 34.7 Å². The van der Waals surface area contributed by atoms with Crippen LogP contribution >= 0.6 is 22.6 Å². The zero-order chi connectivity index (χ0) is 15.1. The standard InChI is InChI=1S/C13H22INO4/c1-9(2)18-12(17)15-10(8-14)6-7-11(16)19-13(3,4)5/h10H,1,6-8H2,2-5H3,(H,15,17)/t10-/m1/s1. The van der Waals surface area contributed by atoms with Crippen LogP contribution in [0.3, 0.4) is 0 Å². The topological polar surface area (TPSA) is 64.6 Å². The van der Waals surface area contributed by atoms with Gasteiger partial charge in [-0.2, -0.15) is 0 Å². The number of rotatable bonds is 6. The van der Waals surface area contributed by atoms with Crippen molar-refractivity contribution in [1.82, 2.24) is 5.32 Å². The Hall–Kier alpha value is -0.790. The Kier molecular flexibility index (Phi) is 8.05. The molecule has 0 spiro atoms. The summed E-state index contributed by atoms with van der Waals surface area (Å²) in [7, 11) is 0. The van der Waals surface area contributed by atoms with Crippen molar-refractivity contribution in [2.75, 3.05) is 4.43 Å². The van der Waals surface area contributed by atoms with Gasteiger partial charge in [0.05, 0.1) is 5.76 Å². The van der Waals surface area contributed by atoms with Gasteiger partial charge in [0.2, 0.25) is 0 Å². The van der Waals surface area contributed by atoms with Crippen molar-refractivity contribution < 1.29 is 19.1 Å². The Labute approximate surface area is 128 Å². The molecule has 0 aromatic carbocycles. The SMILES string of the molecule is C=C(C)OC(=O)N[C@@H](CI)CCC(=O)OC(C)(C)C. The van der Waals surface area contributed by atoms with Crippen LogP contribution in [0.25, 0.3) is 0 Å². The average Bonchev–Trinajstić information content (AvgIpc) is 2.20. The van der Waals surface area contributed by atoms with Crippen molar-refractivity contribution in [2.24, 2.45) is 0 Å². The molecule has 0 aliphatic carbocycles. The number of carbonyl (C=O) groups excluding carboxylic acids is 2. The Morgan fingerprint density at radius 3 is 2.37 bits per heavy atom. The Morgan fingerprint density at radius 2 is 1.95 bits per heavy atom. The van der Waals surface area contributed by atoms with E-state index in [2.05, 4.69) is 34.5 Å². The maximum atomic E-state index is 11.6. The summed E-state index contributed by atoms with van der Waals surface area (Å²) in [4.78, 5) is 22.9. The van der Waals surface area contributed by atoms with E-state index in [-0.39, 0.29) is 18.4 Å². The number of amides is 1. The molecule has 1 N–H and O–H groups in total. The maximum absolute atomic E-state index is 11.6. The Bertz CT molecular complexity index is 336. The maximum Gasteiger partial charge on any atom is 0.412 e. The van der Waals surface area contributed by atoms with Crippen molar-refractivity contribution in [1.29, 1.82) is 0 Å². The van der Waals surface area contributed by atoms with Crippen LogP contribution in [-0.4, -0.2) is 28.1 Å². The molecule has 110 valence electrons. The molecule has 19 heavy (non-hydrogen) atoms. The molecule has 0 aliphatic rings. The second kappa shape index (κ2) is 8.39. The van der Waals surface area contributed by atoms with Crippen LogP contribution in [0.15, 0.2) is 12.3 Å². The number of nitrogens with one attached hydrogen (secondary N) is 1. The van der Waals surface area contributed by atoms with E-state index in [1.54, 1.807) is 6.92 Å². The number of hydrogen-bond acceptors (Lipinski definition) is 4. The highest BCUT2D eigenvalue weighted by atomic mass is 127. The number of allylic oxidation sites excluding steroid dienone is 1. The quantitative estimate of drug-likeness (QED) is 0.331. The molecule has 1 atom stereocenters. The minimum atomic E-state index is -0.543. The summed E-state index contributed by atoms with van der Waals surface area (Å²) in [5, 5.41) is 2.68. The van der Waals surface area contributed by atoms with Crippen molar-refractivity contribution in [3.63, 3.8) is 0 Å².